The van der Waals surface area contributed by atoms with Gasteiger partial charge in [0.25, 0.3) is 35.0 Å². The van der Waals surface area contributed by atoms with Crippen molar-refractivity contribution in [3.63, 3.8) is 0 Å². The molecule has 4 heterocycles. The number of carbonyl (C=O) groups is 6. The minimum Gasteiger partial charge on any atom is -0.344 e. The Hall–Kier alpha value is -6.98. The van der Waals surface area contributed by atoms with E-state index in [1.165, 1.54) is 24.3 Å². The van der Waals surface area contributed by atoms with Crippen LogP contribution in [0.5, 0.6) is 0 Å². The highest BCUT2D eigenvalue weighted by Gasteiger charge is 2.45. The smallest absolute Gasteiger partial charge is 0.333 e. The number of non-ortho nitro benzene ring substituents is 2. The molecule has 0 N–H and O–H groups in total. The minimum atomic E-state index is -0.765. The summed E-state index contributed by atoms with van der Waals surface area (Å²) in [5.74, 6) is -2.76. The maximum absolute atomic E-state index is 13.3. The highest BCUT2D eigenvalue weighted by Crippen LogP contribution is 2.50. The third kappa shape index (κ3) is 7.96. The number of anilines is 2. The van der Waals surface area contributed by atoms with Gasteiger partial charge in [0.15, 0.2) is 0 Å². The van der Waals surface area contributed by atoms with E-state index in [1.807, 2.05) is 27.7 Å². The largest absolute Gasteiger partial charge is 0.344 e. The number of carbonyl (C=O) groups excluding carboxylic acids is 6. The Morgan fingerprint density at radius 3 is 1.08 bits per heavy atom. The van der Waals surface area contributed by atoms with Crippen LogP contribution in [0.25, 0.3) is 0 Å². The Balaban J connectivity index is 1.25. The maximum atomic E-state index is 13.3. The number of likely N-dealkylation sites (N-methyl/N-ethyl adjacent to an activating group) is 4. The molecule has 0 aromatic heterocycles. The zero-order valence-electron chi connectivity index (χ0n) is 37.5. The second-order valence-electron chi connectivity index (χ2n) is 16.9. The van der Waals surface area contributed by atoms with E-state index in [0.29, 0.717) is 37.1 Å². The molecule has 64 heavy (non-hydrogen) atoms. The zero-order valence-corrected chi connectivity index (χ0v) is 37.5. The first-order chi connectivity index (χ1) is 30.3. The summed E-state index contributed by atoms with van der Waals surface area (Å²) in [6.45, 7) is 15.7. The van der Waals surface area contributed by atoms with Crippen LogP contribution in [0.3, 0.4) is 0 Å². The van der Waals surface area contributed by atoms with Crippen LogP contribution >= 0.6 is 0 Å². The minimum absolute atomic E-state index is 0.0662. The van der Waals surface area contributed by atoms with Gasteiger partial charge in [0, 0.05) is 97.1 Å². The molecule has 0 spiro atoms. The van der Waals surface area contributed by atoms with E-state index >= 15 is 0 Å². The number of rotatable bonds is 15. The standard InChI is InChI=1S/C46H54N8O10/c1-9-47-39(55)31(40(56)48(10-2)43(47)59)19-23-37-45(5,6)33-27-29(53(61)62)17-21-35(33)51(37)25-15-13-14-16-26-52-36-22-18-30(54(63)64)28-34(36)46(7,8)38(52)24-20-32-41(57)49(11-3)44(60)50(12-4)42(32)58/h17-24,27-28H,9-16,25-26H2,1-8H3/b37-23+,38-24+. The summed E-state index contributed by atoms with van der Waals surface area (Å²) in [5, 5.41) is 23.7. The summed E-state index contributed by atoms with van der Waals surface area (Å²) >= 11 is 0. The molecule has 4 aliphatic rings. The van der Waals surface area contributed by atoms with Gasteiger partial charge in [0.2, 0.25) is 0 Å². The van der Waals surface area contributed by atoms with Crippen LogP contribution in [0.1, 0.15) is 92.2 Å². The number of fused-ring (bicyclic) bond motifs is 2. The summed E-state index contributed by atoms with van der Waals surface area (Å²) in [5.41, 5.74) is 2.42. The van der Waals surface area contributed by atoms with Gasteiger partial charge in [-0.3, -0.25) is 59.0 Å². The lowest BCUT2D eigenvalue weighted by atomic mass is 9.83. The number of nitrogens with zero attached hydrogens (tertiary/aromatic N) is 8. The van der Waals surface area contributed by atoms with Gasteiger partial charge in [-0.25, -0.2) is 9.59 Å². The molecule has 18 heteroatoms. The fraction of sp³-hybridized carbons (Fsp3) is 0.435. The highest BCUT2D eigenvalue weighted by atomic mass is 16.6. The Kier molecular flexibility index (Phi) is 13.1. The fourth-order valence-electron chi connectivity index (χ4n) is 9.06. The molecular formula is C46H54N8O10. The third-order valence-electron chi connectivity index (χ3n) is 12.6. The van der Waals surface area contributed by atoms with Crippen LogP contribution in [0.2, 0.25) is 0 Å². The van der Waals surface area contributed by atoms with Crippen LogP contribution in [0, 0.1) is 20.2 Å². The molecule has 4 aliphatic heterocycles. The van der Waals surface area contributed by atoms with Crippen molar-refractivity contribution in [2.45, 2.75) is 91.9 Å². The van der Waals surface area contributed by atoms with Crippen LogP contribution in [-0.2, 0) is 30.0 Å². The van der Waals surface area contributed by atoms with Gasteiger partial charge >= 0.3 is 12.1 Å². The Morgan fingerprint density at radius 1 is 0.484 bits per heavy atom. The molecule has 0 atom stereocenters. The summed E-state index contributed by atoms with van der Waals surface area (Å²) in [6, 6.07) is 8.08. The Morgan fingerprint density at radius 2 is 0.797 bits per heavy atom. The van der Waals surface area contributed by atoms with E-state index in [9.17, 15) is 49.0 Å². The SMILES string of the molecule is CCN1C(=O)C(=C/C=C2/N(CCCCCCN3/C(=C/C=C4C(=O)N(CC)C(=O)N(CC)C4=O)C(C)(C)c4cc([N+](=O)[O-])ccc43)c3ccc([N+](=O)[O-])cc3C2(C)C)C(=O)N(CC)C1=O. The average Bonchev–Trinajstić information content (AvgIpc) is 3.59. The Labute approximate surface area is 371 Å². The van der Waals surface area contributed by atoms with Crippen molar-refractivity contribution in [1.29, 1.82) is 0 Å². The molecule has 2 fully saturated rings. The quantitative estimate of drug-likeness (QED) is 0.0570. The lowest BCUT2D eigenvalue weighted by molar-refractivity contribution is -0.385. The van der Waals surface area contributed by atoms with Crippen LogP contribution in [0.15, 0.2) is 83.2 Å². The number of hydrogen-bond acceptors (Lipinski definition) is 12. The number of benzene rings is 2. The molecule has 6 rings (SSSR count). The van der Waals surface area contributed by atoms with E-state index < -0.39 is 56.4 Å². The van der Waals surface area contributed by atoms with Gasteiger partial charge in [-0.2, -0.15) is 0 Å². The van der Waals surface area contributed by atoms with Crippen molar-refractivity contribution in [1.82, 2.24) is 19.6 Å². The lowest BCUT2D eigenvalue weighted by Crippen LogP contribution is -2.56. The van der Waals surface area contributed by atoms with E-state index in [-0.39, 0.29) is 48.7 Å². The van der Waals surface area contributed by atoms with Crippen molar-refractivity contribution in [2.24, 2.45) is 0 Å². The molecule has 2 aromatic rings. The first-order valence-electron chi connectivity index (χ1n) is 21.6. The molecular weight excluding hydrogens is 825 g/mol. The molecule has 338 valence electrons. The van der Waals surface area contributed by atoms with E-state index in [1.54, 1.807) is 64.1 Å². The Bertz CT molecular complexity index is 2260. The topological polar surface area (TPSA) is 208 Å². The van der Waals surface area contributed by atoms with Gasteiger partial charge in [0.1, 0.15) is 11.1 Å². The first kappa shape index (κ1) is 46.5. The molecule has 2 saturated heterocycles. The lowest BCUT2D eigenvalue weighted by Gasteiger charge is -2.32. The van der Waals surface area contributed by atoms with Crippen LogP contribution in [0.4, 0.5) is 32.3 Å². The second kappa shape index (κ2) is 18.0. The normalized spacial score (nSPS) is 19.4. The van der Waals surface area contributed by atoms with Gasteiger partial charge in [-0.1, -0.05) is 40.5 Å². The van der Waals surface area contributed by atoms with Crippen molar-refractivity contribution in [3.05, 3.63) is 115 Å². The first-order valence-corrected chi connectivity index (χ1v) is 21.6. The maximum Gasteiger partial charge on any atom is 0.333 e. The number of urea groups is 2. The highest BCUT2D eigenvalue weighted by molar-refractivity contribution is 6.29. The van der Waals surface area contributed by atoms with Crippen molar-refractivity contribution < 1.29 is 38.6 Å². The zero-order chi connectivity index (χ0) is 47.0. The number of barbiturate groups is 2. The van der Waals surface area contributed by atoms with E-state index in [2.05, 4.69) is 9.80 Å². The fourth-order valence-corrected chi connectivity index (χ4v) is 9.06. The number of unbranched alkanes of at least 4 members (excludes halogenated alkanes) is 3. The molecule has 0 bridgehead atoms. The molecule has 0 unspecified atom stereocenters. The monoisotopic (exact) mass is 878 g/mol. The summed E-state index contributed by atoms with van der Waals surface area (Å²) in [4.78, 5) is 110. The van der Waals surface area contributed by atoms with Gasteiger partial charge in [0.05, 0.1) is 9.85 Å². The number of amides is 8. The number of imide groups is 4. The van der Waals surface area contributed by atoms with Gasteiger partial charge in [-0.05, 0) is 88.1 Å². The van der Waals surface area contributed by atoms with Crippen molar-refractivity contribution in [2.75, 3.05) is 49.1 Å². The van der Waals surface area contributed by atoms with Crippen LogP contribution in [-0.4, -0.2) is 104 Å². The molecule has 0 aliphatic carbocycles. The van der Waals surface area contributed by atoms with E-state index in [4.69, 9.17) is 0 Å². The second-order valence-corrected chi connectivity index (χ2v) is 16.9. The third-order valence-corrected chi connectivity index (χ3v) is 12.6. The predicted molar refractivity (Wildman–Crippen MR) is 238 cm³/mol. The summed E-state index contributed by atoms with van der Waals surface area (Å²) in [7, 11) is 0. The van der Waals surface area contributed by atoms with Gasteiger partial charge < -0.3 is 9.80 Å². The summed E-state index contributed by atoms with van der Waals surface area (Å²) < 4.78 is 0. The van der Waals surface area contributed by atoms with Crippen molar-refractivity contribution in [3.8, 4) is 0 Å². The number of nitro benzene ring substituents is 2. The number of nitro groups is 2. The van der Waals surface area contributed by atoms with Crippen molar-refractivity contribution >= 4 is 58.4 Å². The molecule has 0 saturated carbocycles. The number of hydrogen-bond donors (Lipinski definition) is 0. The predicted octanol–water partition coefficient (Wildman–Crippen LogP) is 7.24. The summed E-state index contributed by atoms with van der Waals surface area (Å²) in [6.07, 6.45) is 9.16. The molecule has 8 amide bonds. The average molecular weight is 879 g/mol. The molecule has 18 nitrogen and oxygen atoms in total. The van der Waals surface area contributed by atoms with E-state index in [0.717, 1.165) is 55.2 Å². The number of allylic oxidation sites excluding steroid dienone is 6. The van der Waals surface area contributed by atoms with Crippen LogP contribution < -0.4 is 9.80 Å². The molecule has 2 aromatic carbocycles. The molecule has 0 radical (unpaired) electrons. The van der Waals surface area contributed by atoms with Gasteiger partial charge in [-0.15, -0.1) is 0 Å².